The lowest BCUT2D eigenvalue weighted by Gasteiger charge is -2.29. The second-order valence-corrected chi connectivity index (χ2v) is 9.06. The first-order chi connectivity index (χ1) is 17.2. The number of nitrogens with zero attached hydrogens (tertiary/aromatic N) is 2. The zero-order valence-corrected chi connectivity index (χ0v) is 22.6. The third-order valence-corrected chi connectivity index (χ3v) is 6.80. The van der Waals surface area contributed by atoms with Crippen molar-refractivity contribution in [3.63, 3.8) is 0 Å². The molecular formula is C26H31BrN2O7. The van der Waals surface area contributed by atoms with Crippen LogP contribution in [0.25, 0.3) is 5.76 Å². The Hall–Kier alpha value is -3.24. The van der Waals surface area contributed by atoms with Gasteiger partial charge in [0.25, 0.3) is 11.7 Å². The van der Waals surface area contributed by atoms with Crippen LogP contribution >= 0.6 is 15.9 Å². The Labute approximate surface area is 219 Å². The predicted octanol–water partition coefficient (Wildman–Crippen LogP) is 3.94. The van der Waals surface area contributed by atoms with Crippen molar-refractivity contribution in [3.05, 3.63) is 51.5 Å². The van der Waals surface area contributed by atoms with Gasteiger partial charge in [-0.2, -0.15) is 0 Å². The number of aromatic hydroxyl groups is 1. The maximum absolute atomic E-state index is 13.3. The van der Waals surface area contributed by atoms with Crippen LogP contribution in [0.3, 0.4) is 0 Å². The van der Waals surface area contributed by atoms with E-state index in [0.717, 1.165) is 13.1 Å². The lowest BCUT2D eigenvalue weighted by Crippen LogP contribution is -2.38. The summed E-state index contributed by atoms with van der Waals surface area (Å²) in [5.74, 6) is -1.25. The first-order valence-corrected chi connectivity index (χ1v) is 12.3. The zero-order chi connectivity index (χ0) is 26.6. The molecule has 0 radical (unpaired) electrons. The summed E-state index contributed by atoms with van der Waals surface area (Å²) in [6.07, 6.45) is 0. The van der Waals surface area contributed by atoms with Gasteiger partial charge in [-0.1, -0.05) is 29.8 Å². The largest absolute Gasteiger partial charge is 0.507 e. The number of likely N-dealkylation sites (N-methyl/N-ethyl adjacent to an activating group) is 1. The minimum Gasteiger partial charge on any atom is -0.507 e. The highest BCUT2D eigenvalue weighted by Crippen LogP contribution is 2.46. The SMILES string of the molecule is CCN(CC)CCN1C(=O)C(=O)C(=C(O)c2cc(Br)ccc2O)[C@@H]1c1cc(OC)c(OC)c(OC)c1. The van der Waals surface area contributed by atoms with E-state index in [-0.39, 0.29) is 23.4 Å². The number of aliphatic hydroxyl groups excluding tert-OH is 1. The number of phenolic OH excluding ortho intramolecular Hbond substituents is 1. The molecule has 10 heteroatoms. The highest BCUT2D eigenvalue weighted by molar-refractivity contribution is 9.10. The number of ketones is 1. The fourth-order valence-corrected chi connectivity index (χ4v) is 4.71. The number of amides is 1. The van der Waals surface area contributed by atoms with Crippen LogP contribution in [-0.2, 0) is 9.59 Å². The van der Waals surface area contributed by atoms with Gasteiger partial charge in [0.1, 0.15) is 11.5 Å². The molecule has 0 bridgehead atoms. The van der Waals surface area contributed by atoms with Crippen LogP contribution in [0.5, 0.6) is 23.0 Å². The van der Waals surface area contributed by atoms with E-state index >= 15 is 0 Å². The van der Waals surface area contributed by atoms with Crippen molar-refractivity contribution in [3.8, 4) is 23.0 Å². The molecule has 2 N–H and O–H groups in total. The molecule has 1 fully saturated rings. The predicted molar refractivity (Wildman–Crippen MR) is 139 cm³/mol. The Morgan fingerprint density at radius 2 is 1.64 bits per heavy atom. The first-order valence-electron chi connectivity index (χ1n) is 11.5. The van der Waals surface area contributed by atoms with Crippen molar-refractivity contribution in [2.24, 2.45) is 0 Å². The first kappa shape index (κ1) is 27.3. The van der Waals surface area contributed by atoms with Gasteiger partial charge in [0.15, 0.2) is 11.5 Å². The number of methoxy groups -OCH3 is 3. The number of aliphatic hydroxyl groups is 1. The van der Waals surface area contributed by atoms with Crippen molar-refractivity contribution in [2.75, 3.05) is 47.5 Å². The number of Topliss-reactive ketones (excluding diaryl/α,β-unsaturated/α-hetero) is 1. The standard InChI is InChI=1S/C26H31BrN2O7/c1-6-28(7-2)10-11-29-22(15-12-19(34-3)25(36-5)20(13-15)35-4)21(24(32)26(29)33)23(31)17-14-16(27)8-9-18(17)30/h8-9,12-14,22,30-31H,6-7,10-11H2,1-5H3/t22-/m0/s1. The fraction of sp³-hybridized carbons (Fsp3) is 0.385. The number of ether oxygens (including phenoxy) is 3. The number of rotatable bonds is 10. The fourth-order valence-electron chi connectivity index (χ4n) is 4.35. The Kier molecular flexibility index (Phi) is 8.86. The van der Waals surface area contributed by atoms with Crippen LogP contribution in [0.2, 0.25) is 0 Å². The molecule has 0 spiro atoms. The maximum Gasteiger partial charge on any atom is 0.295 e. The molecule has 36 heavy (non-hydrogen) atoms. The summed E-state index contributed by atoms with van der Waals surface area (Å²) in [5, 5.41) is 21.7. The molecule has 1 aliphatic heterocycles. The van der Waals surface area contributed by atoms with Crippen LogP contribution in [0.4, 0.5) is 0 Å². The summed E-state index contributed by atoms with van der Waals surface area (Å²) in [7, 11) is 4.42. The summed E-state index contributed by atoms with van der Waals surface area (Å²) in [6.45, 7) is 6.37. The molecule has 194 valence electrons. The minimum absolute atomic E-state index is 0.0311. The Balaban J connectivity index is 2.26. The summed E-state index contributed by atoms with van der Waals surface area (Å²) in [5.41, 5.74) is 0.380. The van der Waals surface area contributed by atoms with E-state index < -0.39 is 23.5 Å². The van der Waals surface area contributed by atoms with Crippen LogP contribution in [-0.4, -0.2) is 79.2 Å². The topological polar surface area (TPSA) is 109 Å². The third kappa shape index (κ3) is 5.15. The van der Waals surface area contributed by atoms with Gasteiger partial charge in [-0.25, -0.2) is 0 Å². The average molecular weight is 563 g/mol. The van der Waals surface area contributed by atoms with E-state index in [1.807, 2.05) is 13.8 Å². The quantitative estimate of drug-likeness (QED) is 0.254. The van der Waals surface area contributed by atoms with E-state index in [1.54, 1.807) is 18.2 Å². The van der Waals surface area contributed by atoms with E-state index in [1.165, 1.54) is 38.4 Å². The number of phenols is 1. The van der Waals surface area contributed by atoms with E-state index in [4.69, 9.17) is 14.2 Å². The van der Waals surface area contributed by atoms with Crippen LogP contribution in [0.15, 0.2) is 40.4 Å². The van der Waals surface area contributed by atoms with Crippen molar-refractivity contribution in [2.45, 2.75) is 19.9 Å². The van der Waals surface area contributed by atoms with E-state index in [9.17, 15) is 19.8 Å². The summed E-state index contributed by atoms with van der Waals surface area (Å²) in [4.78, 5) is 30.1. The van der Waals surface area contributed by atoms with Gasteiger partial charge < -0.3 is 34.2 Å². The molecule has 0 aliphatic carbocycles. The average Bonchev–Trinajstić information content (AvgIpc) is 3.14. The molecule has 9 nitrogen and oxygen atoms in total. The normalized spacial score (nSPS) is 17.1. The van der Waals surface area contributed by atoms with E-state index in [0.29, 0.717) is 33.8 Å². The highest BCUT2D eigenvalue weighted by atomic mass is 79.9. The number of halogens is 1. The molecule has 2 aromatic carbocycles. The van der Waals surface area contributed by atoms with Crippen molar-refractivity contribution in [1.82, 2.24) is 9.80 Å². The smallest absolute Gasteiger partial charge is 0.295 e. The molecular weight excluding hydrogens is 532 g/mol. The molecule has 3 rings (SSSR count). The third-order valence-electron chi connectivity index (χ3n) is 6.31. The Bertz CT molecular complexity index is 1150. The molecule has 2 aromatic rings. The molecule has 1 amide bonds. The number of carbonyl (C=O) groups excluding carboxylic acids is 2. The molecule has 1 aliphatic rings. The summed E-state index contributed by atoms with van der Waals surface area (Å²) in [6, 6.07) is 6.83. The van der Waals surface area contributed by atoms with Crippen molar-refractivity contribution < 1.29 is 34.0 Å². The van der Waals surface area contributed by atoms with E-state index in [2.05, 4.69) is 20.8 Å². The molecule has 1 atom stereocenters. The van der Waals surface area contributed by atoms with Gasteiger partial charge in [-0.15, -0.1) is 0 Å². The summed E-state index contributed by atoms with van der Waals surface area (Å²) < 4.78 is 17.0. The van der Waals surface area contributed by atoms with Crippen LogP contribution < -0.4 is 14.2 Å². The number of benzene rings is 2. The Morgan fingerprint density at radius 1 is 1.03 bits per heavy atom. The molecule has 0 saturated carbocycles. The van der Waals surface area contributed by atoms with Gasteiger partial charge in [-0.3, -0.25) is 9.59 Å². The zero-order valence-electron chi connectivity index (χ0n) is 21.0. The number of carbonyl (C=O) groups is 2. The van der Waals surface area contributed by atoms with Gasteiger partial charge in [-0.05, 0) is 49.0 Å². The lowest BCUT2D eigenvalue weighted by molar-refractivity contribution is -0.140. The minimum atomic E-state index is -0.951. The maximum atomic E-state index is 13.3. The molecule has 0 aromatic heterocycles. The monoisotopic (exact) mass is 562 g/mol. The van der Waals surface area contributed by atoms with Crippen molar-refractivity contribution in [1.29, 1.82) is 0 Å². The van der Waals surface area contributed by atoms with Gasteiger partial charge in [0.2, 0.25) is 5.75 Å². The number of likely N-dealkylation sites (tertiary alicyclic amines) is 1. The second-order valence-electron chi connectivity index (χ2n) is 8.14. The van der Waals surface area contributed by atoms with Crippen LogP contribution in [0.1, 0.15) is 31.0 Å². The second kappa shape index (κ2) is 11.7. The lowest BCUT2D eigenvalue weighted by atomic mass is 9.94. The van der Waals surface area contributed by atoms with Crippen molar-refractivity contribution >= 4 is 33.4 Å². The molecule has 0 unspecified atom stereocenters. The Morgan fingerprint density at radius 3 is 2.17 bits per heavy atom. The van der Waals surface area contributed by atoms with Gasteiger partial charge in [0, 0.05) is 17.6 Å². The molecule has 1 saturated heterocycles. The molecule has 1 heterocycles. The van der Waals surface area contributed by atoms with Gasteiger partial charge >= 0.3 is 0 Å². The summed E-state index contributed by atoms with van der Waals surface area (Å²) >= 11 is 3.32. The number of hydrogen-bond donors (Lipinski definition) is 2. The van der Waals surface area contributed by atoms with Crippen LogP contribution in [0, 0.1) is 0 Å². The highest BCUT2D eigenvalue weighted by Gasteiger charge is 2.46. The van der Waals surface area contributed by atoms with Gasteiger partial charge in [0.05, 0.1) is 38.5 Å². The number of hydrogen-bond acceptors (Lipinski definition) is 8.